The first kappa shape index (κ1) is 7.71. The van der Waals surface area contributed by atoms with Crippen LogP contribution in [0.5, 0.6) is 0 Å². The molecule has 0 aliphatic rings. The van der Waals surface area contributed by atoms with Gasteiger partial charge in [0.2, 0.25) is 5.95 Å². The van der Waals surface area contributed by atoms with Crippen molar-refractivity contribution in [1.29, 1.82) is 0 Å². The molecule has 2 rings (SSSR count). The number of tetrazole rings is 1. The van der Waals surface area contributed by atoms with E-state index in [2.05, 4.69) is 20.5 Å². The SMILES string of the molecule is Cn1cncc1Cn1nnnc1N. The summed E-state index contributed by atoms with van der Waals surface area (Å²) < 4.78 is 3.40. The summed E-state index contributed by atoms with van der Waals surface area (Å²) in [5, 5.41) is 10.7. The molecule has 0 bridgehead atoms. The van der Waals surface area contributed by atoms with Crippen molar-refractivity contribution in [3.8, 4) is 0 Å². The molecule has 0 saturated carbocycles. The van der Waals surface area contributed by atoms with Gasteiger partial charge in [-0.3, -0.25) is 0 Å². The van der Waals surface area contributed by atoms with Gasteiger partial charge in [0, 0.05) is 7.05 Å². The molecule has 7 nitrogen and oxygen atoms in total. The molecule has 0 fully saturated rings. The minimum atomic E-state index is 0.307. The second-order valence-corrected chi connectivity index (χ2v) is 2.69. The molecule has 0 atom stereocenters. The van der Waals surface area contributed by atoms with Gasteiger partial charge in [-0.25, -0.2) is 9.67 Å². The minimum absolute atomic E-state index is 0.307. The molecular weight excluding hydrogens is 170 g/mol. The third-order valence-electron chi connectivity index (χ3n) is 1.79. The average molecular weight is 179 g/mol. The number of aromatic nitrogens is 6. The van der Waals surface area contributed by atoms with E-state index in [1.165, 1.54) is 4.68 Å². The van der Waals surface area contributed by atoms with Gasteiger partial charge in [-0.1, -0.05) is 5.10 Å². The fourth-order valence-electron chi connectivity index (χ4n) is 1.01. The number of anilines is 1. The normalized spacial score (nSPS) is 10.5. The molecule has 0 aromatic carbocycles. The summed E-state index contributed by atoms with van der Waals surface area (Å²) in [6, 6.07) is 0. The van der Waals surface area contributed by atoms with Gasteiger partial charge in [0.15, 0.2) is 0 Å². The van der Waals surface area contributed by atoms with Crippen molar-refractivity contribution >= 4 is 5.95 Å². The molecule has 2 aromatic heterocycles. The van der Waals surface area contributed by atoms with Crippen LogP contribution >= 0.6 is 0 Å². The Labute approximate surface area is 74.2 Å². The number of hydrogen-bond acceptors (Lipinski definition) is 5. The Balaban J connectivity index is 2.24. The summed E-state index contributed by atoms with van der Waals surface area (Å²) in [6.07, 6.45) is 3.47. The van der Waals surface area contributed by atoms with Crippen molar-refractivity contribution in [3.63, 3.8) is 0 Å². The van der Waals surface area contributed by atoms with E-state index in [1.54, 1.807) is 12.5 Å². The highest BCUT2D eigenvalue weighted by atomic mass is 15.6. The van der Waals surface area contributed by atoms with Crippen molar-refractivity contribution < 1.29 is 0 Å². The second kappa shape index (κ2) is 2.85. The van der Waals surface area contributed by atoms with E-state index >= 15 is 0 Å². The number of hydrogen-bond donors (Lipinski definition) is 1. The van der Waals surface area contributed by atoms with Crippen LogP contribution in [0.2, 0.25) is 0 Å². The lowest BCUT2D eigenvalue weighted by atomic mass is 10.5. The maximum atomic E-state index is 5.50. The zero-order valence-corrected chi connectivity index (χ0v) is 7.12. The maximum absolute atomic E-state index is 5.50. The van der Waals surface area contributed by atoms with Crippen LogP contribution in [0.3, 0.4) is 0 Å². The van der Waals surface area contributed by atoms with Gasteiger partial charge in [0.25, 0.3) is 0 Å². The Morgan fingerprint density at radius 3 is 2.92 bits per heavy atom. The van der Waals surface area contributed by atoms with Crippen LogP contribution in [0.15, 0.2) is 12.5 Å². The predicted molar refractivity (Wildman–Crippen MR) is 44.5 cm³/mol. The minimum Gasteiger partial charge on any atom is -0.367 e. The zero-order chi connectivity index (χ0) is 9.26. The summed E-state index contributed by atoms with van der Waals surface area (Å²) in [4.78, 5) is 3.97. The summed E-state index contributed by atoms with van der Waals surface area (Å²) >= 11 is 0. The summed E-state index contributed by atoms with van der Waals surface area (Å²) in [6.45, 7) is 0.537. The lowest BCUT2D eigenvalue weighted by Gasteiger charge is -2.01. The van der Waals surface area contributed by atoms with Crippen LogP contribution in [0, 0.1) is 0 Å². The van der Waals surface area contributed by atoms with Crippen LogP contribution < -0.4 is 5.73 Å². The van der Waals surface area contributed by atoms with E-state index in [0.717, 1.165) is 5.69 Å². The van der Waals surface area contributed by atoms with E-state index in [1.807, 2.05) is 11.6 Å². The highest BCUT2D eigenvalue weighted by molar-refractivity contribution is 5.12. The van der Waals surface area contributed by atoms with E-state index in [0.29, 0.717) is 12.5 Å². The Morgan fingerprint density at radius 2 is 2.38 bits per heavy atom. The number of rotatable bonds is 2. The molecule has 0 aliphatic carbocycles. The van der Waals surface area contributed by atoms with Crippen molar-refractivity contribution in [2.45, 2.75) is 6.54 Å². The molecule has 0 saturated heterocycles. The topological polar surface area (TPSA) is 87.4 Å². The number of nitrogen functional groups attached to an aromatic ring is 1. The van der Waals surface area contributed by atoms with E-state index in [4.69, 9.17) is 5.73 Å². The van der Waals surface area contributed by atoms with Crippen molar-refractivity contribution in [2.24, 2.45) is 7.05 Å². The van der Waals surface area contributed by atoms with Gasteiger partial charge < -0.3 is 10.3 Å². The standard InChI is InChI=1S/C6H9N7/c1-12-4-8-2-5(12)3-13-6(7)9-10-11-13/h2,4H,3H2,1H3,(H2,7,9,11). The van der Waals surface area contributed by atoms with Crippen molar-refractivity contribution in [2.75, 3.05) is 5.73 Å². The lowest BCUT2D eigenvalue weighted by molar-refractivity contribution is 0.626. The molecule has 13 heavy (non-hydrogen) atoms. The quantitative estimate of drug-likeness (QED) is 0.641. The molecule has 0 aliphatic heterocycles. The molecule has 0 spiro atoms. The molecule has 0 unspecified atom stereocenters. The Hall–Kier alpha value is -1.92. The van der Waals surface area contributed by atoms with Gasteiger partial charge in [0.1, 0.15) is 0 Å². The van der Waals surface area contributed by atoms with Gasteiger partial charge in [-0.15, -0.1) is 0 Å². The Morgan fingerprint density at radius 1 is 1.54 bits per heavy atom. The third-order valence-corrected chi connectivity index (χ3v) is 1.79. The molecule has 7 heteroatoms. The van der Waals surface area contributed by atoms with Gasteiger partial charge in [0.05, 0.1) is 24.8 Å². The first-order valence-corrected chi connectivity index (χ1v) is 3.74. The number of aryl methyl sites for hydroxylation is 1. The van der Waals surface area contributed by atoms with Gasteiger partial charge >= 0.3 is 0 Å². The summed E-state index contributed by atoms with van der Waals surface area (Å²) in [5.41, 5.74) is 6.50. The highest BCUT2D eigenvalue weighted by Gasteiger charge is 2.04. The van der Waals surface area contributed by atoms with Crippen molar-refractivity contribution in [3.05, 3.63) is 18.2 Å². The molecule has 0 amide bonds. The molecule has 2 heterocycles. The Kier molecular flexibility index (Phi) is 1.69. The van der Waals surface area contributed by atoms with Crippen LogP contribution in [0.4, 0.5) is 5.95 Å². The lowest BCUT2D eigenvalue weighted by Crippen LogP contribution is -2.09. The van der Waals surface area contributed by atoms with E-state index in [9.17, 15) is 0 Å². The maximum Gasteiger partial charge on any atom is 0.240 e. The first-order chi connectivity index (χ1) is 6.27. The molecule has 2 aromatic rings. The fourth-order valence-corrected chi connectivity index (χ4v) is 1.01. The molecule has 2 N–H and O–H groups in total. The van der Waals surface area contributed by atoms with Gasteiger partial charge in [-0.2, -0.15) is 0 Å². The zero-order valence-electron chi connectivity index (χ0n) is 7.12. The highest BCUT2D eigenvalue weighted by Crippen LogP contribution is 2.01. The monoisotopic (exact) mass is 179 g/mol. The van der Waals surface area contributed by atoms with E-state index in [-0.39, 0.29) is 0 Å². The number of nitrogens with zero attached hydrogens (tertiary/aromatic N) is 6. The third kappa shape index (κ3) is 1.35. The van der Waals surface area contributed by atoms with Gasteiger partial charge in [-0.05, 0) is 10.4 Å². The molecular formula is C6H9N7. The number of nitrogens with two attached hydrogens (primary N) is 1. The Bertz CT molecular complexity index is 362. The summed E-state index contributed by atoms with van der Waals surface area (Å²) in [5.74, 6) is 0.307. The number of imidazole rings is 1. The fraction of sp³-hybridized carbons (Fsp3) is 0.333. The van der Waals surface area contributed by atoms with E-state index < -0.39 is 0 Å². The van der Waals surface area contributed by atoms with Crippen LogP contribution in [0.1, 0.15) is 5.69 Å². The first-order valence-electron chi connectivity index (χ1n) is 3.74. The van der Waals surface area contributed by atoms with Crippen LogP contribution in [-0.2, 0) is 13.6 Å². The van der Waals surface area contributed by atoms with Crippen LogP contribution in [-0.4, -0.2) is 29.8 Å². The average Bonchev–Trinajstić information content (AvgIpc) is 2.65. The molecule has 0 radical (unpaired) electrons. The predicted octanol–water partition coefficient (Wildman–Crippen LogP) is -0.963. The second-order valence-electron chi connectivity index (χ2n) is 2.69. The molecule has 68 valence electrons. The largest absolute Gasteiger partial charge is 0.367 e. The van der Waals surface area contributed by atoms with Crippen molar-refractivity contribution in [1.82, 2.24) is 29.8 Å². The smallest absolute Gasteiger partial charge is 0.240 e. The summed E-state index contributed by atoms with van der Waals surface area (Å²) in [7, 11) is 1.91. The van der Waals surface area contributed by atoms with Crippen LogP contribution in [0.25, 0.3) is 0 Å².